The van der Waals surface area contributed by atoms with Crippen molar-refractivity contribution >= 4 is 12.1 Å². The van der Waals surface area contributed by atoms with Crippen LogP contribution < -0.4 is 0 Å². The highest BCUT2D eigenvalue weighted by Gasteiger charge is 2.60. The average molecular weight is 313 g/mol. The van der Waals surface area contributed by atoms with Gasteiger partial charge in [-0.1, -0.05) is 6.42 Å². The minimum absolute atomic E-state index is 0.327. The van der Waals surface area contributed by atoms with E-state index >= 15 is 0 Å². The van der Waals surface area contributed by atoms with Crippen molar-refractivity contribution in [3.05, 3.63) is 0 Å². The monoisotopic (exact) mass is 313 g/mol. The fourth-order valence-electron chi connectivity index (χ4n) is 3.45. The highest BCUT2D eigenvalue weighted by molar-refractivity contribution is 5.79. The van der Waals surface area contributed by atoms with Crippen molar-refractivity contribution in [1.29, 1.82) is 0 Å². The van der Waals surface area contributed by atoms with Gasteiger partial charge in [-0.05, 0) is 46.5 Å². The lowest BCUT2D eigenvalue weighted by Crippen LogP contribution is -2.62. The number of nitrogens with zero attached hydrogens (tertiary/aromatic N) is 1. The van der Waals surface area contributed by atoms with Crippen molar-refractivity contribution in [3.63, 3.8) is 0 Å². The zero-order chi connectivity index (χ0) is 16.6. The highest BCUT2D eigenvalue weighted by Crippen LogP contribution is 2.54. The third-order valence-corrected chi connectivity index (χ3v) is 4.92. The van der Waals surface area contributed by atoms with E-state index in [0.717, 1.165) is 6.42 Å². The molecule has 1 amide bonds. The van der Waals surface area contributed by atoms with E-state index in [-0.39, 0.29) is 12.1 Å². The number of likely N-dealkylation sites (tertiary alicyclic amines) is 1. The van der Waals surface area contributed by atoms with Crippen molar-refractivity contribution in [3.8, 4) is 0 Å². The zero-order valence-electron chi connectivity index (χ0n) is 14.0. The lowest BCUT2D eigenvalue weighted by Gasteiger charge is -2.53. The largest absolute Gasteiger partial charge is 0.469 e. The molecule has 1 N–H and O–H groups in total. The van der Waals surface area contributed by atoms with Crippen LogP contribution in [0.1, 0.15) is 52.9 Å². The summed E-state index contributed by atoms with van der Waals surface area (Å²) in [4.78, 5) is 25.8. The first-order valence-corrected chi connectivity index (χ1v) is 7.92. The normalized spacial score (nSPS) is 23.4. The van der Waals surface area contributed by atoms with Gasteiger partial charge in [0.05, 0.1) is 18.1 Å². The molecule has 0 bridgehead atoms. The number of piperidine rings is 1. The second-order valence-corrected chi connectivity index (χ2v) is 7.43. The van der Waals surface area contributed by atoms with Crippen LogP contribution in [0.25, 0.3) is 0 Å². The molecule has 1 aliphatic heterocycles. The Morgan fingerprint density at radius 3 is 2.00 bits per heavy atom. The lowest BCUT2D eigenvalue weighted by atomic mass is 9.56. The lowest BCUT2D eigenvalue weighted by molar-refractivity contribution is -0.196. The Hall–Kier alpha value is -1.30. The molecule has 2 aliphatic rings. The van der Waals surface area contributed by atoms with Crippen LogP contribution in [0.2, 0.25) is 0 Å². The molecule has 22 heavy (non-hydrogen) atoms. The van der Waals surface area contributed by atoms with E-state index in [1.54, 1.807) is 4.90 Å². The summed E-state index contributed by atoms with van der Waals surface area (Å²) in [5.74, 6) is -0.327. The van der Waals surface area contributed by atoms with Gasteiger partial charge in [-0.3, -0.25) is 4.79 Å². The molecule has 1 heterocycles. The number of ether oxygens (including phenoxy) is 2. The molecule has 126 valence electrons. The molecule has 1 saturated heterocycles. The van der Waals surface area contributed by atoms with Crippen LogP contribution in [0, 0.1) is 5.41 Å². The van der Waals surface area contributed by atoms with Gasteiger partial charge in [0.2, 0.25) is 0 Å². The van der Waals surface area contributed by atoms with E-state index in [9.17, 15) is 14.7 Å². The van der Waals surface area contributed by atoms with E-state index in [1.807, 2.05) is 20.8 Å². The van der Waals surface area contributed by atoms with Crippen LogP contribution in [0.4, 0.5) is 4.79 Å². The number of rotatable bonds is 2. The van der Waals surface area contributed by atoms with Gasteiger partial charge in [0.15, 0.2) is 0 Å². The number of amides is 1. The quantitative estimate of drug-likeness (QED) is 0.790. The molecule has 0 radical (unpaired) electrons. The van der Waals surface area contributed by atoms with Gasteiger partial charge in [-0.15, -0.1) is 0 Å². The summed E-state index contributed by atoms with van der Waals surface area (Å²) in [6, 6.07) is 0. The van der Waals surface area contributed by atoms with Crippen molar-refractivity contribution in [2.24, 2.45) is 5.41 Å². The van der Waals surface area contributed by atoms with Crippen molar-refractivity contribution in [2.75, 3.05) is 20.2 Å². The molecular formula is C16H27NO5. The Morgan fingerprint density at radius 2 is 1.64 bits per heavy atom. The number of carbonyl (C=O) groups is 2. The van der Waals surface area contributed by atoms with Crippen LogP contribution in [0.15, 0.2) is 0 Å². The predicted octanol–water partition coefficient (Wildman–Crippen LogP) is 2.09. The number of methoxy groups -OCH3 is 1. The van der Waals surface area contributed by atoms with Crippen LogP contribution in [0.3, 0.4) is 0 Å². The second-order valence-electron chi connectivity index (χ2n) is 7.43. The standard InChI is InChI=1S/C16H27NO5/c1-14(2,3)22-13(19)17-10-8-16(20,9-11-17)15(6-5-7-15)12(18)21-4/h20H,5-11H2,1-4H3. The fourth-order valence-corrected chi connectivity index (χ4v) is 3.45. The summed E-state index contributed by atoms with van der Waals surface area (Å²) in [6.07, 6.45) is 2.62. The highest BCUT2D eigenvalue weighted by atomic mass is 16.6. The van der Waals surface area contributed by atoms with E-state index in [1.165, 1.54) is 7.11 Å². The molecule has 2 fully saturated rings. The zero-order valence-corrected chi connectivity index (χ0v) is 14.0. The van der Waals surface area contributed by atoms with E-state index < -0.39 is 16.6 Å². The molecular weight excluding hydrogens is 286 g/mol. The SMILES string of the molecule is COC(=O)C1(C2(O)CCN(C(=O)OC(C)(C)C)CC2)CCC1. The smallest absolute Gasteiger partial charge is 0.410 e. The third-order valence-electron chi connectivity index (χ3n) is 4.92. The molecule has 6 nitrogen and oxygen atoms in total. The first-order chi connectivity index (χ1) is 10.1. The van der Waals surface area contributed by atoms with Gasteiger partial charge >= 0.3 is 12.1 Å². The molecule has 0 aromatic carbocycles. The average Bonchev–Trinajstić information content (AvgIpc) is 2.35. The van der Waals surface area contributed by atoms with E-state index in [0.29, 0.717) is 38.8 Å². The predicted molar refractivity (Wildman–Crippen MR) is 80.3 cm³/mol. The molecule has 0 aromatic heterocycles. The topological polar surface area (TPSA) is 76.1 Å². The summed E-state index contributed by atoms with van der Waals surface area (Å²) >= 11 is 0. The number of esters is 1. The van der Waals surface area contributed by atoms with Crippen LogP contribution in [-0.4, -0.2) is 53.5 Å². The Morgan fingerprint density at radius 1 is 1.09 bits per heavy atom. The number of carbonyl (C=O) groups excluding carboxylic acids is 2. The Kier molecular flexibility index (Phi) is 4.44. The molecule has 0 unspecified atom stereocenters. The maximum Gasteiger partial charge on any atom is 0.410 e. The summed E-state index contributed by atoms with van der Waals surface area (Å²) < 4.78 is 10.3. The summed E-state index contributed by atoms with van der Waals surface area (Å²) in [5, 5.41) is 11.0. The van der Waals surface area contributed by atoms with Gasteiger partial charge in [-0.25, -0.2) is 4.79 Å². The third kappa shape index (κ3) is 2.93. The minimum Gasteiger partial charge on any atom is -0.469 e. The van der Waals surface area contributed by atoms with Gasteiger partial charge in [0.1, 0.15) is 5.60 Å². The van der Waals surface area contributed by atoms with Crippen LogP contribution in [-0.2, 0) is 14.3 Å². The van der Waals surface area contributed by atoms with Gasteiger partial charge in [0, 0.05) is 13.1 Å². The molecule has 0 spiro atoms. The molecule has 1 aliphatic carbocycles. The first-order valence-electron chi connectivity index (χ1n) is 7.92. The molecule has 1 saturated carbocycles. The summed E-state index contributed by atoms with van der Waals surface area (Å²) in [6.45, 7) is 6.26. The molecule has 0 atom stereocenters. The number of hydrogen-bond donors (Lipinski definition) is 1. The van der Waals surface area contributed by atoms with Gasteiger partial charge in [0.25, 0.3) is 0 Å². The second kappa shape index (κ2) is 5.72. The van der Waals surface area contributed by atoms with E-state index in [2.05, 4.69) is 0 Å². The number of hydrogen-bond acceptors (Lipinski definition) is 5. The maximum atomic E-state index is 12.1. The van der Waals surface area contributed by atoms with Crippen molar-refractivity contribution in [1.82, 2.24) is 4.90 Å². The van der Waals surface area contributed by atoms with Crippen LogP contribution >= 0.6 is 0 Å². The Labute approximate surface area is 131 Å². The fraction of sp³-hybridized carbons (Fsp3) is 0.875. The van der Waals surface area contributed by atoms with Crippen molar-refractivity contribution < 1.29 is 24.2 Å². The number of aliphatic hydroxyl groups is 1. The molecule has 6 heteroatoms. The van der Waals surface area contributed by atoms with Crippen molar-refractivity contribution in [2.45, 2.75) is 64.1 Å². The minimum atomic E-state index is -1.09. The van der Waals surface area contributed by atoms with Gasteiger partial charge < -0.3 is 19.5 Å². The maximum absolute atomic E-state index is 12.1. The Bertz CT molecular complexity index is 442. The molecule has 2 rings (SSSR count). The summed E-state index contributed by atoms with van der Waals surface area (Å²) in [5.41, 5.74) is -2.41. The summed E-state index contributed by atoms with van der Waals surface area (Å²) in [7, 11) is 1.36. The van der Waals surface area contributed by atoms with Crippen LogP contribution in [0.5, 0.6) is 0 Å². The first kappa shape index (κ1) is 17.1. The van der Waals surface area contributed by atoms with Gasteiger partial charge in [-0.2, -0.15) is 0 Å². The molecule has 0 aromatic rings. The Balaban J connectivity index is 2.01. The van der Waals surface area contributed by atoms with E-state index in [4.69, 9.17) is 9.47 Å².